The molecular formula is C15H16O6. The van der Waals surface area contributed by atoms with Crippen molar-refractivity contribution in [1.29, 1.82) is 0 Å². The van der Waals surface area contributed by atoms with Crippen molar-refractivity contribution in [3.8, 4) is 5.75 Å². The van der Waals surface area contributed by atoms with Gasteiger partial charge in [-0.05, 0) is 26.0 Å². The number of carboxylic acid groups (broad SMARTS) is 1. The third-order valence-corrected chi connectivity index (χ3v) is 1.68. The van der Waals surface area contributed by atoms with E-state index in [2.05, 4.69) is 11.3 Å². The van der Waals surface area contributed by atoms with E-state index in [1.165, 1.54) is 29.8 Å². The van der Waals surface area contributed by atoms with E-state index in [1.807, 2.05) is 13.8 Å². The van der Waals surface area contributed by atoms with Crippen molar-refractivity contribution in [3.63, 3.8) is 0 Å². The van der Waals surface area contributed by atoms with Gasteiger partial charge in [0.1, 0.15) is 11.3 Å². The molecule has 6 heteroatoms. The lowest BCUT2D eigenvalue weighted by molar-refractivity contribution is -0.134. The molecule has 0 aromatic heterocycles. The van der Waals surface area contributed by atoms with Crippen LogP contribution >= 0.6 is 0 Å². The minimum Gasteiger partial charge on any atom is -0.507 e. The number of ether oxygens (including phenoxy) is 1. The zero-order valence-electron chi connectivity index (χ0n) is 11.7. The standard InChI is InChI=1S/C11H8O6.C4H8/c12-8-4-2-1-3-7(8)11(16)17-10(15)6-5-9(13)14;1-4(2)3/h1-6,12H,(H,13,14);1H2,2-3H3/b6-5-;. The van der Waals surface area contributed by atoms with Crippen molar-refractivity contribution in [1.82, 2.24) is 0 Å². The van der Waals surface area contributed by atoms with Gasteiger partial charge in [0.05, 0.1) is 0 Å². The number of allylic oxidation sites excluding steroid dienone is 1. The number of phenols is 1. The molecule has 0 aliphatic heterocycles. The highest BCUT2D eigenvalue weighted by atomic mass is 16.6. The molecule has 0 radical (unpaired) electrons. The molecule has 0 unspecified atom stereocenters. The Morgan fingerprint density at radius 2 is 1.67 bits per heavy atom. The Morgan fingerprint density at radius 3 is 2.14 bits per heavy atom. The van der Waals surface area contributed by atoms with E-state index < -0.39 is 17.9 Å². The average molecular weight is 292 g/mol. The van der Waals surface area contributed by atoms with Crippen LogP contribution in [-0.4, -0.2) is 28.1 Å². The Hall–Kier alpha value is -2.89. The number of phenolic OH excluding ortho intramolecular Hbond substituents is 1. The number of para-hydroxylation sites is 1. The number of hydrogen-bond donors (Lipinski definition) is 2. The second kappa shape index (κ2) is 9.08. The lowest BCUT2D eigenvalue weighted by atomic mass is 10.2. The van der Waals surface area contributed by atoms with Crippen LogP contribution in [0.5, 0.6) is 5.75 Å². The first-order valence-corrected chi connectivity index (χ1v) is 5.81. The number of carbonyl (C=O) groups excluding carboxylic acids is 2. The molecule has 0 aliphatic carbocycles. The molecular weight excluding hydrogens is 276 g/mol. The number of aromatic hydroxyl groups is 1. The summed E-state index contributed by atoms with van der Waals surface area (Å²) in [6.07, 6.45) is 1.14. The summed E-state index contributed by atoms with van der Waals surface area (Å²) in [5.41, 5.74) is 0.990. The molecule has 0 aliphatic rings. The zero-order chi connectivity index (χ0) is 16.4. The van der Waals surface area contributed by atoms with Crippen molar-refractivity contribution in [2.24, 2.45) is 0 Å². The quantitative estimate of drug-likeness (QED) is 0.383. The van der Waals surface area contributed by atoms with Gasteiger partial charge in [0.25, 0.3) is 0 Å². The average Bonchev–Trinajstić information content (AvgIpc) is 2.36. The van der Waals surface area contributed by atoms with E-state index >= 15 is 0 Å². The predicted molar refractivity (Wildman–Crippen MR) is 75.8 cm³/mol. The fourth-order valence-corrected chi connectivity index (χ4v) is 0.966. The maximum Gasteiger partial charge on any atom is 0.349 e. The molecule has 2 N–H and O–H groups in total. The van der Waals surface area contributed by atoms with Crippen molar-refractivity contribution < 1.29 is 29.3 Å². The van der Waals surface area contributed by atoms with Gasteiger partial charge in [-0.15, -0.1) is 6.58 Å². The summed E-state index contributed by atoms with van der Waals surface area (Å²) in [6, 6.07) is 5.51. The molecule has 1 rings (SSSR count). The molecule has 0 amide bonds. The van der Waals surface area contributed by atoms with Crippen LogP contribution < -0.4 is 0 Å². The molecule has 0 bridgehead atoms. The molecule has 1 aromatic rings. The molecule has 0 saturated carbocycles. The van der Waals surface area contributed by atoms with Crippen LogP contribution in [0.25, 0.3) is 0 Å². The van der Waals surface area contributed by atoms with Gasteiger partial charge in [-0.3, -0.25) is 0 Å². The van der Waals surface area contributed by atoms with E-state index in [0.717, 1.165) is 0 Å². The van der Waals surface area contributed by atoms with Crippen LogP contribution in [0.4, 0.5) is 0 Å². The first kappa shape index (κ1) is 18.1. The van der Waals surface area contributed by atoms with Crippen molar-refractivity contribution >= 4 is 17.9 Å². The van der Waals surface area contributed by atoms with E-state index in [0.29, 0.717) is 12.2 Å². The summed E-state index contributed by atoms with van der Waals surface area (Å²) in [6.45, 7) is 7.50. The third kappa shape index (κ3) is 8.77. The Kier molecular flexibility index (Phi) is 7.83. The number of esters is 2. The molecule has 6 nitrogen and oxygen atoms in total. The fraction of sp³-hybridized carbons (Fsp3) is 0.133. The van der Waals surface area contributed by atoms with Crippen LogP contribution in [0.15, 0.2) is 48.6 Å². The van der Waals surface area contributed by atoms with Crippen LogP contribution in [0.3, 0.4) is 0 Å². The first-order chi connectivity index (χ1) is 9.73. The second-order valence-electron chi connectivity index (χ2n) is 4.10. The van der Waals surface area contributed by atoms with Crippen molar-refractivity contribution in [2.75, 3.05) is 0 Å². The van der Waals surface area contributed by atoms with Gasteiger partial charge in [-0.25, -0.2) is 14.4 Å². The van der Waals surface area contributed by atoms with Crippen LogP contribution in [0, 0.1) is 0 Å². The minimum absolute atomic E-state index is 0.176. The van der Waals surface area contributed by atoms with Crippen molar-refractivity contribution in [3.05, 3.63) is 54.1 Å². The fourth-order valence-electron chi connectivity index (χ4n) is 0.966. The SMILES string of the molecule is C=C(C)C.O=C(O)/C=C\C(=O)OC(=O)c1ccccc1O. The zero-order valence-corrected chi connectivity index (χ0v) is 11.7. The summed E-state index contributed by atoms with van der Waals surface area (Å²) in [4.78, 5) is 32.4. The third-order valence-electron chi connectivity index (χ3n) is 1.68. The van der Waals surface area contributed by atoms with Crippen molar-refractivity contribution in [2.45, 2.75) is 13.8 Å². The van der Waals surface area contributed by atoms with Gasteiger partial charge in [0.2, 0.25) is 0 Å². The molecule has 1 aromatic carbocycles. The highest BCUT2D eigenvalue weighted by Crippen LogP contribution is 2.16. The predicted octanol–water partition coefficient (Wildman–Crippen LogP) is 2.30. The Morgan fingerprint density at radius 1 is 1.14 bits per heavy atom. The largest absolute Gasteiger partial charge is 0.507 e. The van der Waals surface area contributed by atoms with Gasteiger partial charge in [0.15, 0.2) is 0 Å². The Balaban J connectivity index is 0.000000885. The number of hydrogen-bond acceptors (Lipinski definition) is 5. The highest BCUT2D eigenvalue weighted by Gasteiger charge is 2.14. The summed E-state index contributed by atoms with van der Waals surface area (Å²) in [7, 11) is 0. The lowest BCUT2D eigenvalue weighted by Gasteiger charge is -2.01. The van der Waals surface area contributed by atoms with Crippen LogP contribution in [-0.2, 0) is 14.3 Å². The molecule has 0 fully saturated rings. The van der Waals surface area contributed by atoms with Gasteiger partial charge >= 0.3 is 17.9 Å². The lowest BCUT2D eigenvalue weighted by Crippen LogP contribution is -2.10. The van der Waals surface area contributed by atoms with E-state index in [9.17, 15) is 19.5 Å². The molecule has 0 saturated heterocycles. The Bertz CT molecular complexity index is 567. The van der Waals surface area contributed by atoms with Crippen LogP contribution in [0.1, 0.15) is 24.2 Å². The number of rotatable bonds is 3. The number of benzene rings is 1. The smallest absolute Gasteiger partial charge is 0.349 e. The Labute approximate surface area is 122 Å². The van der Waals surface area contributed by atoms with Gasteiger partial charge in [-0.1, -0.05) is 17.7 Å². The van der Waals surface area contributed by atoms with E-state index in [4.69, 9.17) is 5.11 Å². The summed E-state index contributed by atoms with van der Waals surface area (Å²) >= 11 is 0. The van der Waals surface area contributed by atoms with Gasteiger partial charge < -0.3 is 14.9 Å². The molecule has 112 valence electrons. The van der Waals surface area contributed by atoms with Gasteiger partial charge in [-0.2, -0.15) is 0 Å². The minimum atomic E-state index is -1.34. The van der Waals surface area contributed by atoms with Gasteiger partial charge in [0, 0.05) is 12.2 Å². The summed E-state index contributed by atoms with van der Waals surface area (Å²) < 4.78 is 4.28. The normalized spacial score (nSPS) is 9.43. The molecule has 0 spiro atoms. The maximum atomic E-state index is 11.3. The monoisotopic (exact) mass is 292 g/mol. The topological polar surface area (TPSA) is 101 Å². The first-order valence-electron chi connectivity index (χ1n) is 5.81. The highest BCUT2D eigenvalue weighted by molar-refractivity contribution is 6.02. The summed E-state index contributed by atoms with van der Waals surface area (Å²) in [5.74, 6) is -3.84. The molecule has 0 atom stereocenters. The number of carbonyl (C=O) groups is 3. The second-order valence-corrected chi connectivity index (χ2v) is 4.10. The number of aliphatic carboxylic acids is 1. The maximum absolute atomic E-state index is 11.3. The number of carboxylic acids is 1. The summed E-state index contributed by atoms with van der Waals surface area (Å²) in [5, 5.41) is 17.5. The molecule has 0 heterocycles. The van der Waals surface area contributed by atoms with E-state index in [-0.39, 0.29) is 11.3 Å². The molecule has 21 heavy (non-hydrogen) atoms. The van der Waals surface area contributed by atoms with E-state index in [1.54, 1.807) is 0 Å². The van der Waals surface area contributed by atoms with Crippen LogP contribution in [0.2, 0.25) is 0 Å².